The maximum absolute atomic E-state index is 12.8. The van der Waals surface area contributed by atoms with Crippen molar-refractivity contribution in [2.45, 2.75) is 134 Å². The first-order chi connectivity index (χ1) is 17.0. The lowest BCUT2D eigenvalue weighted by Crippen LogP contribution is -2.66. The molecule has 0 radical (unpaired) electrons. The van der Waals surface area contributed by atoms with Gasteiger partial charge in [-0.25, -0.2) is 0 Å². The number of fused-ring (bicyclic) bond motifs is 5. The zero-order valence-electron chi connectivity index (χ0n) is 22.9. The molecule has 7 nitrogen and oxygen atoms in total. The number of Topliss-reactive ketones (excluding diaryl/α,β-unsaturated/α-hetero) is 1. The van der Waals surface area contributed by atoms with E-state index in [0.29, 0.717) is 30.0 Å². The van der Waals surface area contributed by atoms with Gasteiger partial charge in [0.25, 0.3) is 0 Å². The molecule has 1 aliphatic heterocycles. The van der Waals surface area contributed by atoms with Crippen molar-refractivity contribution in [3.8, 4) is 0 Å². The molecule has 0 aromatic rings. The van der Waals surface area contributed by atoms with Gasteiger partial charge >= 0.3 is 0 Å². The van der Waals surface area contributed by atoms with Crippen molar-refractivity contribution >= 4 is 5.78 Å². The van der Waals surface area contributed by atoms with Crippen molar-refractivity contribution in [1.82, 2.24) is 0 Å². The van der Waals surface area contributed by atoms with Crippen molar-refractivity contribution in [2.75, 3.05) is 7.11 Å². The summed E-state index contributed by atoms with van der Waals surface area (Å²) in [4.78, 5) is 12.8. The Morgan fingerprint density at radius 2 is 1.78 bits per heavy atom. The van der Waals surface area contributed by atoms with E-state index < -0.39 is 30.7 Å². The highest BCUT2D eigenvalue weighted by Crippen LogP contribution is 2.68. The average molecular weight is 508 g/mol. The van der Waals surface area contributed by atoms with Gasteiger partial charge in [-0.3, -0.25) is 4.79 Å². The summed E-state index contributed by atoms with van der Waals surface area (Å²) in [5.74, 6) is 2.17. The van der Waals surface area contributed by atoms with E-state index in [1.807, 2.05) is 6.92 Å². The summed E-state index contributed by atoms with van der Waals surface area (Å²) in [7, 11) is 1.50. The second-order valence-corrected chi connectivity index (χ2v) is 13.3. The molecule has 13 atom stereocenters. The van der Waals surface area contributed by atoms with Crippen molar-refractivity contribution in [2.24, 2.45) is 40.2 Å². The van der Waals surface area contributed by atoms with Crippen LogP contribution in [0.2, 0.25) is 0 Å². The smallest absolute Gasteiger partial charge is 0.186 e. The van der Waals surface area contributed by atoms with Crippen LogP contribution in [0.4, 0.5) is 0 Å². The Hall–Kier alpha value is -0.570. The molecule has 5 rings (SSSR count). The van der Waals surface area contributed by atoms with E-state index in [1.165, 1.54) is 13.5 Å². The number of aliphatic hydroxyl groups excluding tert-OH is 2. The molecule has 0 spiro atoms. The summed E-state index contributed by atoms with van der Waals surface area (Å²) in [6, 6.07) is 0. The number of ketones is 1. The van der Waals surface area contributed by atoms with E-state index in [1.54, 1.807) is 6.92 Å². The summed E-state index contributed by atoms with van der Waals surface area (Å²) in [6.45, 7) is 8.61. The van der Waals surface area contributed by atoms with Crippen molar-refractivity contribution in [3.63, 3.8) is 0 Å². The van der Waals surface area contributed by atoms with Gasteiger partial charge in [0.15, 0.2) is 6.29 Å². The molecule has 36 heavy (non-hydrogen) atoms. The lowest BCUT2D eigenvalue weighted by molar-refractivity contribution is -0.312. The van der Waals surface area contributed by atoms with Gasteiger partial charge in [0.05, 0.1) is 12.2 Å². The minimum Gasteiger partial charge on any atom is -0.388 e. The van der Waals surface area contributed by atoms with Gasteiger partial charge in [0, 0.05) is 25.0 Å². The van der Waals surface area contributed by atoms with E-state index in [9.17, 15) is 15.0 Å². The number of hydrogen-bond acceptors (Lipinski definition) is 7. The lowest BCUT2D eigenvalue weighted by atomic mass is 9.42. The summed E-state index contributed by atoms with van der Waals surface area (Å²) >= 11 is 0. The van der Waals surface area contributed by atoms with Crippen LogP contribution in [0.1, 0.15) is 91.9 Å². The van der Waals surface area contributed by atoms with Gasteiger partial charge in [-0.2, -0.15) is 0 Å². The highest BCUT2D eigenvalue weighted by atomic mass is 16.7. The summed E-state index contributed by atoms with van der Waals surface area (Å²) in [5, 5.41) is 21.0. The molecule has 4 N–H and O–H groups in total. The molecule has 0 bridgehead atoms. The Bertz CT molecular complexity index is 839. The Kier molecular flexibility index (Phi) is 7.18. The maximum Gasteiger partial charge on any atom is 0.186 e. The molecule has 1 heterocycles. The molecule has 0 aromatic heterocycles. The number of nitrogens with two attached hydrogens (primary N) is 1. The highest BCUT2D eigenvalue weighted by molar-refractivity contribution is 5.82. The number of methoxy groups -OCH3 is 1. The SMILES string of the molecule is CCC(=O)C1CCC2(N)C3CCC4CC(OC5OC(C)C(O)C(OC)C5O)CCC4(C)C3CCC12C. The maximum atomic E-state index is 12.8. The summed E-state index contributed by atoms with van der Waals surface area (Å²) < 4.78 is 17.6. The summed E-state index contributed by atoms with van der Waals surface area (Å²) in [5.41, 5.74) is 7.30. The fourth-order valence-electron chi connectivity index (χ4n) is 9.75. The fourth-order valence-corrected chi connectivity index (χ4v) is 9.75. The largest absolute Gasteiger partial charge is 0.388 e. The first-order valence-electron chi connectivity index (χ1n) is 14.5. The van der Waals surface area contributed by atoms with E-state index >= 15 is 0 Å². The Morgan fingerprint density at radius 1 is 1.03 bits per heavy atom. The molecule has 5 fully saturated rings. The number of rotatable bonds is 5. The van der Waals surface area contributed by atoms with E-state index in [-0.39, 0.29) is 28.4 Å². The minimum absolute atomic E-state index is 0.0259. The van der Waals surface area contributed by atoms with Crippen LogP contribution in [-0.2, 0) is 19.0 Å². The second-order valence-electron chi connectivity index (χ2n) is 13.3. The normalized spacial score (nSPS) is 54.9. The standard InChI is InChI=1S/C29H49NO6/c1-6-22(31)21-11-14-29(30)20-8-7-17-15-18(9-12-27(17,3)19(20)10-13-28(21,29)4)36-26-24(33)25(34-5)23(32)16(2)35-26/h16-21,23-26,32-33H,6-15,30H2,1-5H3. The number of aliphatic hydroxyl groups is 2. The highest BCUT2D eigenvalue weighted by Gasteiger charge is 2.67. The lowest BCUT2D eigenvalue weighted by Gasteiger charge is -2.64. The zero-order chi connectivity index (χ0) is 26.0. The van der Waals surface area contributed by atoms with Gasteiger partial charge in [-0.05, 0) is 93.3 Å². The molecule has 0 amide bonds. The number of ether oxygens (including phenoxy) is 3. The van der Waals surface area contributed by atoms with Crippen molar-refractivity contribution in [3.05, 3.63) is 0 Å². The zero-order valence-corrected chi connectivity index (χ0v) is 22.9. The third-order valence-electron chi connectivity index (χ3n) is 12.1. The molecule has 5 aliphatic rings. The molecule has 206 valence electrons. The van der Waals surface area contributed by atoms with Crippen LogP contribution in [0.5, 0.6) is 0 Å². The third kappa shape index (κ3) is 3.86. The van der Waals surface area contributed by atoms with Gasteiger partial charge in [-0.1, -0.05) is 20.8 Å². The molecule has 4 saturated carbocycles. The van der Waals surface area contributed by atoms with Gasteiger partial charge in [-0.15, -0.1) is 0 Å². The second kappa shape index (κ2) is 9.56. The van der Waals surface area contributed by atoms with Gasteiger partial charge in [0.1, 0.15) is 24.1 Å². The average Bonchev–Trinajstić information content (AvgIpc) is 3.13. The topological polar surface area (TPSA) is 111 Å². The van der Waals surface area contributed by atoms with Crippen LogP contribution in [0.15, 0.2) is 0 Å². The van der Waals surface area contributed by atoms with Gasteiger partial charge in [0.2, 0.25) is 0 Å². The van der Waals surface area contributed by atoms with Gasteiger partial charge < -0.3 is 30.2 Å². The first kappa shape index (κ1) is 27.0. The van der Waals surface area contributed by atoms with E-state index in [4.69, 9.17) is 19.9 Å². The van der Waals surface area contributed by atoms with Crippen molar-refractivity contribution < 1.29 is 29.2 Å². The Labute approximate surface area is 216 Å². The van der Waals surface area contributed by atoms with Crippen LogP contribution >= 0.6 is 0 Å². The molecular formula is C29H49NO6. The Balaban J connectivity index is 1.28. The predicted molar refractivity (Wildman–Crippen MR) is 136 cm³/mol. The molecule has 7 heteroatoms. The van der Waals surface area contributed by atoms with Crippen LogP contribution in [-0.4, -0.2) is 65.5 Å². The van der Waals surface area contributed by atoms with Crippen LogP contribution < -0.4 is 5.73 Å². The number of carbonyl (C=O) groups excluding carboxylic acids is 1. The number of carbonyl (C=O) groups is 1. The Morgan fingerprint density at radius 3 is 2.47 bits per heavy atom. The van der Waals surface area contributed by atoms with E-state index in [2.05, 4.69) is 13.8 Å². The minimum atomic E-state index is -1.01. The molecule has 13 unspecified atom stereocenters. The fraction of sp³-hybridized carbons (Fsp3) is 0.966. The first-order valence-corrected chi connectivity index (χ1v) is 14.5. The predicted octanol–water partition coefficient (Wildman–Crippen LogP) is 3.57. The van der Waals surface area contributed by atoms with Crippen LogP contribution in [0.3, 0.4) is 0 Å². The van der Waals surface area contributed by atoms with Crippen LogP contribution in [0, 0.1) is 34.5 Å². The molecular weight excluding hydrogens is 458 g/mol. The number of hydrogen-bond donors (Lipinski definition) is 3. The molecule has 4 aliphatic carbocycles. The van der Waals surface area contributed by atoms with E-state index in [0.717, 1.165) is 51.4 Å². The third-order valence-corrected chi connectivity index (χ3v) is 12.1. The summed E-state index contributed by atoms with van der Waals surface area (Å²) in [6.07, 6.45) is 6.22. The van der Waals surface area contributed by atoms with Crippen LogP contribution in [0.25, 0.3) is 0 Å². The monoisotopic (exact) mass is 507 g/mol. The van der Waals surface area contributed by atoms with Crippen molar-refractivity contribution in [1.29, 1.82) is 0 Å². The molecule has 1 saturated heterocycles. The quantitative estimate of drug-likeness (QED) is 0.488. The molecule has 0 aromatic carbocycles.